The van der Waals surface area contributed by atoms with Gasteiger partial charge in [0.25, 0.3) is 0 Å². The normalized spacial score (nSPS) is 15.3. The highest BCUT2D eigenvalue weighted by molar-refractivity contribution is 7.89. The highest BCUT2D eigenvalue weighted by Crippen LogP contribution is 2.37. The molecule has 2 N–H and O–H groups in total. The lowest BCUT2D eigenvalue weighted by Crippen LogP contribution is -2.64. The summed E-state index contributed by atoms with van der Waals surface area (Å²) >= 11 is 0. The van der Waals surface area contributed by atoms with E-state index in [-0.39, 0.29) is 24.4 Å². The Hall–Kier alpha value is -4.36. The molecule has 1 aliphatic rings. The molecule has 192 valence electrons. The number of aliphatic carboxylic acids is 1. The van der Waals surface area contributed by atoms with Gasteiger partial charge in [-0.3, -0.25) is 9.67 Å². The average molecular weight is 534 g/mol. The lowest BCUT2D eigenvalue weighted by atomic mass is 9.89. The number of alkyl halides is 3. The fraction of sp³-hybridized carbons (Fsp3) is 0.238. The van der Waals surface area contributed by atoms with Crippen LogP contribution in [0.1, 0.15) is 6.42 Å². The highest BCUT2D eigenvalue weighted by Gasteiger charge is 2.50. The van der Waals surface area contributed by atoms with Crippen LogP contribution in [0.2, 0.25) is 0 Å². The molecule has 37 heavy (non-hydrogen) atoms. The van der Waals surface area contributed by atoms with Crippen molar-refractivity contribution in [2.24, 2.45) is 0 Å². The smallest absolute Gasteiger partial charge is 0.475 e. The van der Waals surface area contributed by atoms with E-state index in [9.17, 15) is 26.9 Å². The van der Waals surface area contributed by atoms with E-state index in [4.69, 9.17) is 9.90 Å². The van der Waals surface area contributed by atoms with Gasteiger partial charge in [-0.15, -0.1) is 0 Å². The van der Waals surface area contributed by atoms with Crippen LogP contribution in [0, 0.1) is 11.3 Å². The van der Waals surface area contributed by atoms with Crippen molar-refractivity contribution in [2.75, 3.05) is 13.1 Å². The number of hydrogen-bond acceptors (Lipinski definition) is 8. The van der Waals surface area contributed by atoms with E-state index >= 15 is 0 Å². The fourth-order valence-corrected chi connectivity index (χ4v) is 5.28. The Morgan fingerprint density at radius 2 is 1.97 bits per heavy atom. The Morgan fingerprint density at radius 1 is 1.24 bits per heavy atom. The Kier molecular flexibility index (Phi) is 6.67. The number of halogens is 3. The SMILES string of the molecule is N#CCC1(n2cc(-c3ncnc4[nH]ccc34)cn2)CN(S(=O)(=O)c2cccnc2)C1.O=C(O)C(F)(F)F. The number of hydrogen-bond donors (Lipinski definition) is 2. The van der Waals surface area contributed by atoms with Gasteiger partial charge in [0.1, 0.15) is 22.4 Å². The summed E-state index contributed by atoms with van der Waals surface area (Å²) in [5.41, 5.74) is 1.48. The Labute approximate surface area is 207 Å². The molecule has 0 aromatic carbocycles. The molecule has 0 bridgehead atoms. The van der Waals surface area contributed by atoms with Crippen molar-refractivity contribution in [3.05, 3.63) is 55.5 Å². The lowest BCUT2D eigenvalue weighted by Gasteiger charge is -2.47. The van der Waals surface area contributed by atoms with E-state index in [0.29, 0.717) is 0 Å². The standard InChI is InChI=1S/C19H16N8O2S.C2HF3O2/c20-5-4-19(11-26(12-19)30(28,29)15-2-1-6-21-9-15)27-10-14(8-25-27)17-16-3-7-22-18(16)24-13-23-17;3-2(4,5)1(6)7/h1-3,6-10,13H,4,11-12H2,(H,22,23,24);(H,6,7). The predicted octanol–water partition coefficient (Wildman–Crippen LogP) is 2.16. The van der Waals surface area contributed by atoms with Gasteiger partial charge in [-0.05, 0) is 18.2 Å². The summed E-state index contributed by atoms with van der Waals surface area (Å²) in [7, 11) is -3.67. The molecule has 4 aromatic rings. The number of rotatable bonds is 5. The number of carboxylic acid groups (broad SMARTS) is 1. The first-order chi connectivity index (χ1) is 17.5. The lowest BCUT2D eigenvalue weighted by molar-refractivity contribution is -0.192. The first-order valence-corrected chi connectivity index (χ1v) is 11.8. The van der Waals surface area contributed by atoms with Crippen molar-refractivity contribution in [2.45, 2.75) is 23.0 Å². The zero-order valence-corrected chi connectivity index (χ0v) is 19.5. The first kappa shape index (κ1) is 25.7. The summed E-state index contributed by atoms with van der Waals surface area (Å²) in [5, 5.41) is 21.8. The van der Waals surface area contributed by atoms with Gasteiger partial charge in [0.15, 0.2) is 0 Å². The molecule has 0 atom stereocenters. The molecule has 0 unspecified atom stereocenters. The molecule has 4 aromatic heterocycles. The third-order valence-electron chi connectivity index (χ3n) is 5.56. The quantitative estimate of drug-likeness (QED) is 0.389. The monoisotopic (exact) mass is 534 g/mol. The van der Waals surface area contributed by atoms with Gasteiger partial charge in [0.05, 0.1) is 24.4 Å². The minimum atomic E-state index is -5.08. The van der Waals surface area contributed by atoms with Crippen molar-refractivity contribution >= 4 is 27.0 Å². The van der Waals surface area contributed by atoms with Crippen molar-refractivity contribution < 1.29 is 31.5 Å². The minimum Gasteiger partial charge on any atom is -0.475 e. The van der Waals surface area contributed by atoms with E-state index in [1.807, 2.05) is 6.07 Å². The second-order valence-corrected chi connectivity index (χ2v) is 9.90. The number of nitriles is 1. The van der Waals surface area contributed by atoms with Crippen molar-refractivity contribution in [3.63, 3.8) is 0 Å². The number of sulfonamides is 1. The largest absolute Gasteiger partial charge is 0.490 e. The number of nitrogens with one attached hydrogen (secondary N) is 1. The Bertz CT molecular complexity index is 1570. The first-order valence-electron chi connectivity index (χ1n) is 10.4. The molecule has 12 nitrogen and oxygen atoms in total. The number of nitrogens with zero attached hydrogens (tertiary/aromatic N) is 7. The molecule has 0 aliphatic carbocycles. The van der Waals surface area contributed by atoms with E-state index in [2.05, 4.69) is 31.1 Å². The molecule has 5 heterocycles. The fourth-order valence-electron chi connectivity index (χ4n) is 3.72. The van der Waals surface area contributed by atoms with Crippen LogP contribution in [-0.4, -0.2) is 72.8 Å². The molecule has 1 aliphatic heterocycles. The van der Waals surface area contributed by atoms with Gasteiger partial charge in [-0.2, -0.15) is 27.8 Å². The van der Waals surface area contributed by atoms with Crippen LogP contribution in [0.4, 0.5) is 13.2 Å². The highest BCUT2D eigenvalue weighted by atomic mass is 32.2. The van der Waals surface area contributed by atoms with Gasteiger partial charge in [0, 0.05) is 48.8 Å². The second kappa shape index (κ2) is 9.59. The van der Waals surface area contributed by atoms with Crippen molar-refractivity contribution in [1.29, 1.82) is 5.26 Å². The third kappa shape index (κ3) is 4.99. The zero-order valence-electron chi connectivity index (χ0n) is 18.7. The summed E-state index contributed by atoms with van der Waals surface area (Å²) in [6.45, 7) is 0.310. The van der Waals surface area contributed by atoms with Gasteiger partial charge < -0.3 is 10.1 Å². The molecule has 0 spiro atoms. The zero-order chi connectivity index (χ0) is 26.8. The molecule has 5 rings (SSSR count). The Balaban J connectivity index is 0.000000405. The maximum Gasteiger partial charge on any atom is 0.490 e. The number of aromatic nitrogens is 6. The Morgan fingerprint density at radius 3 is 2.59 bits per heavy atom. The number of pyridine rings is 1. The van der Waals surface area contributed by atoms with Crippen molar-refractivity contribution in [3.8, 4) is 17.3 Å². The molecule has 1 saturated heterocycles. The summed E-state index contributed by atoms with van der Waals surface area (Å²) in [6, 6.07) is 7.15. The van der Waals surface area contributed by atoms with Gasteiger partial charge in [-0.1, -0.05) is 0 Å². The summed E-state index contributed by atoms with van der Waals surface area (Å²) in [6.07, 6.45) is 4.64. The van der Waals surface area contributed by atoms with Crippen LogP contribution in [0.25, 0.3) is 22.3 Å². The van der Waals surface area contributed by atoms with E-state index in [1.165, 1.54) is 29.1 Å². The molecule has 0 saturated carbocycles. The predicted molar refractivity (Wildman–Crippen MR) is 120 cm³/mol. The van der Waals surface area contributed by atoms with Gasteiger partial charge in [-0.25, -0.2) is 23.2 Å². The summed E-state index contributed by atoms with van der Waals surface area (Å²) in [5.74, 6) is -2.76. The van der Waals surface area contributed by atoms with E-state index < -0.39 is 27.7 Å². The maximum absolute atomic E-state index is 12.8. The van der Waals surface area contributed by atoms with Crippen LogP contribution in [0.3, 0.4) is 0 Å². The molecule has 0 radical (unpaired) electrons. The van der Waals surface area contributed by atoms with E-state index in [0.717, 1.165) is 22.3 Å². The number of H-pyrrole nitrogens is 1. The van der Waals surface area contributed by atoms with Crippen LogP contribution >= 0.6 is 0 Å². The maximum atomic E-state index is 12.8. The second-order valence-electron chi connectivity index (χ2n) is 7.96. The minimum absolute atomic E-state index is 0.132. The van der Waals surface area contributed by atoms with E-state index in [1.54, 1.807) is 29.3 Å². The number of aromatic amines is 1. The molecular weight excluding hydrogens is 517 g/mol. The molecule has 16 heteroatoms. The number of carbonyl (C=O) groups is 1. The molecule has 0 amide bonds. The summed E-state index contributed by atoms with van der Waals surface area (Å²) < 4.78 is 60.4. The molecular formula is C21H17F3N8O4S. The summed E-state index contributed by atoms with van der Waals surface area (Å²) in [4.78, 5) is 24.5. The number of fused-ring (bicyclic) bond motifs is 1. The number of carboxylic acids is 1. The van der Waals surface area contributed by atoms with Crippen LogP contribution in [0.15, 0.2) is 60.4 Å². The van der Waals surface area contributed by atoms with Gasteiger partial charge >= 0.3 is 12.1 Å². The molecule has 1 fully saturated rings. The third-order valence-corrected chi connectivity index (χ3v) is 7.34. The topological polar surface area (TPSA) is 171 Å². The van der Waals surface area contributed by atoms with Crippen LogP contribution < -0.4 is 0 Å². The van der Waals surface area contributed by atoms with Crippen LogP contribution in [0.5, 0.6) is 0 Å². The van der Waals surface area contributed by atoms with Gasteiger partial charge in [0.2, 0.25) is 10.0 Å². The average Bonchev–Trinajstić information content (AvgIpc) is 3.51. The van der Waals surface area contributed by atoms with Crippen LogP contribution in [-0.2, 0) is 20.4 Å². The van der Waals surface area contributed by atoms with Crippen molar-refractivity contribution in [1.82, 2.24) is 34.0 Å².